The van der Waals surface area contributed by atoms with Crippen LogP contribution in [0.5, 0.6) is 0 Å². The van der Waals surface area contributed by atoms with Crippen molar-refractivity contribution in [1.29, 1.82) is 0 Å². The Morgan fingerprint density at radius 2 is 1.54 bits per heavy atom. The highest BCUT2D eigenvalue weighted by molar-refractivity contribution is 6.50. The molecule has 0 amide bonds. The molecule has 10 heteroatoms. The number of benzene rings is 1. The van der Waals surface area contributed by atoms with E-state index < -0.39 is 7.25 Å². The van der Waals surface area contributed by atoms with Crippen LogP contribution in [0.15, 0.2) is 36.3 Å². The molecule has 1 aromatic carbocycles. The van der Waals surface area contributed by atoms with Crippen LogP contribution < -0.4 is 4.99 Å². The van der Waals surface area contributed by atoms with Crippen LogP contribution in [0.4, 0.5) is 23.0 Å². The summed E-state index contributed by atoms with van der Waals surface area (Å²) in [5, 5.41) is 0. The van der Waals surface area contributed by atoms with Crippen molar-refractivity contribution >= 4 is 25.1 Å². The highest BCUT2D eigenvalue weighted by Gasteiger charge is 2.48. The van der Waals surface area contributed by atoms with E-state index in [2.05, 4.69) is 4.99 Å². The second kappa shape index (κ2) is 9.12. The number of allylic oxidation sites excluding steroid dienone is 1. The van der Waals surface area contributed by atoms with E-state index in [1.165, 1.54) is 0 Å². The number of carbonyl (C=O) groups excluding carboxylic acids is 1. The Bertz CT molecular complexity index is 704. The van der Waals surface area contributed by atoms with Gasteiger partial charge in [0.05, 0.1) is 18.2 Å². The summed E-state index contributed by atoms with van der Waals surface area (Å²) in [6, 6.07) is 7.06. The highest BCUT2D eigenvalue weighted by atomic mass is 19.5. The van der Waals surface area contributed by atoms with E-state index in [4.69, 9.17) is 14.2 Å². The van der Waals surface area contributed by atoms with Gasteiger partial charge in [0.25, 0.3) is 5.95 Å². The van der Waals surface area contributed by atoms with Gasteiger partial charge >= 0.3 is 13.2 Å². The first kappa shape index (κ1) is 23.5. The minimum absolute atomic E-state index is 0.317. The lowest BCUT2D eigenvalue weighted by atomic mass is 9.90. The number of ether oxygens (including phenoxy) is 3. The number of hydrogen-bond donors (Lipinski definition) is 1. The van der Waals surface area contributed by atoms with Gasteiger partial charge in [0.2, 0.25) is 5.69 Å². The number of nitrogens with one attached hydrogen (secondary N) is 1. The summed E-state index contributed by atoms with van der Waals surface area (Å²) in [6.07, 6.45) is 3.49. The van der Waals surface area contributed by atoms with Crippen LogP contribution in [0.1, 0.15) is 45.0 Å². The molecular formula is C18H24BF4NO4. The van der Waals surface area contributed by atoms with Crippen LogP contribution >= 0.6 is 0 Å². The van der Waals surface area contributed by atoms with Gasteiger partial charge in [-0.3, -0.25) is 0 Å². The van der Waals surface area contributed by atoms with E-state index in [1.54, 1.807) is 31.3 Å². The molecule has 28 heavy (non-hydrogen) atoms. The fourth-order valence-corrected chi connectivity index (χ4v) is 1.96. The maximum Gasteiger partial charge on any atom is 0.673 e. The Hall–Kier alpha value is -2.52. The van der Waals surface area contributed by atoms with Gasteiger partial charge in [-0.1, -0.05) is 0 Å². The summed E-state index contributed by atoms with van der Waals surface area (Å²) in [6.45, 7) is 10.1. The van der Waals surface area contributed by atoms with Crippen molar-refractivity contribution in [1.82, 2.24) is 0 Å². The number of hydrogen-bond acceptors (Lipinski definition) is 4. The zero-order valence-corrected chi connectivity index (χ0v) is 16.4. The second-order valence-electron chi connectivity index (χ2n) is 6.81. The van der Waals surface area contributed by atoms with Crippen molar-refractivity contribution in [2.45, 2.75) is 45.8 Å². The van der Waals surface area contributed by atoms with Crippen molar-refractivity contribution in [3.8, 4) is 0 Å². The molecule has 1 aromatic rings. The Morgan fingerprint density at radius 3 is 1.96 bits per heavy atom. The van der Waals surface area contributed by atoms with Crippen LogP contribution in [0.2, 0.25) is 0 Å². The number of rotatable bonds is 4. The van der Waals surface area contributed by atoms with Gasteiger partial charge in [0, 0.05) is 12.1 Å². The summed E-state index contributed by atoms with van der Waals surface area (Å²) in [5.41, 5.74) is 0.621. The fraction of sp³-hybridized carbons (Fsp3) is 0.444. The lowest BCUT2D eigenvalue weighted by Crippen LogP contribution is -2.61. The SMILES string of the molecule is CCOC(=O)c1ccc([NH+]=CC=C2OC(C)(C)C(C)(C)O2)cc1.F[B-](F)(F)F. The normalized spacial score (nSPS) is 17.2. The van der Waals surface area contributed by atoms with E-state index in [0.717, 1.165) is 5.69 Å². The number of halogens is 4. The summed E-state index contributed by atoms with van der Waals surface area (Å²) in [5.74, 6) is 0.165. The highest BCUT2D eigenvalue weighted by Crippen LogP contribution is 2.39. The third-order valence-corrected chi connectivity index (χ3v) is 4.03. The average Bonchev–Trinajstić information content (AvgIpc) is 2.74. The summed E-state index contributed by atoms with van der Waals surface area (Å²) >= 11 is 0. The Kier molecular flexibility index (Phi) is 7.66. The standard InChI is InChI=1S/C18H23NO4.BF4/c1-6-21-16(20)13-7-9-14(10-8-13)19-12-11-15-22-17(2,3)18(4,5)23-15;2-1(3,4)5/h7-12H,6H2,1-5H3;/q;-1/p+1. The molecule has 0 atom stereocenters. The van der Waals surface area contributed by atoms with Crippen molar-refractivity contribution in [2.24, 2.45) is 0 Å². The van der Waals surface area contributed by atoms with Crippen LogP contribution in [0, 0.1) is 0 Å². The smallest absolute Gasteiger partial charge is 0.462 e. The average molecular weight is 405 g/mol. The molecule has 1 heterocycles. The topological polar surface area (TPSA) is 58.7 Å². The first-order chi connectivity index (χ1) is 12.7. The molecule has 156 valence electrons. The quantitative estimate of drug-likeness (QED) is 0.361. The summed E-state index contributed by atoms with van der Waals surface area (Å²) in [7, 11) is -6.00. The maximum absolute atomic E-state index is 11.6. The molecule has 1 N–H and O–H groups in total. The molecule has 1 saturated heterocycles. The zero-order valence-electron chi connectivity index (χ0n) is 16.4. The molecule has 1 aliphatic heterocycles. The molecule has 0 aromatic heterocycles. The van der Waals surface area contributed by atoms with Gasteiger partial charge < -0.3 is 31.5 Å². The molecule has 5 nitrogen and oxygen atoms in total. The Morgan fingerprint density at radius 1 is 1.07 bits per heavy atom. The van der Waals surface area contributed by atoms with Crippen molar-refractivity contribution < 1.29 is 41.3 Å². The number of carbonyl (C=O) groups is 1. The third-order valence-electron chi connectivity index (χ3n) is 4.03. The van der Waals surface area contributed by atoms with Gasteiger partial charge in [-0.05, 0) is 46.8 Å². The predicted molar refractivity (Wildman–Crippen MR) is 97.7 cm³/mol. The van der Waals surface area contributed by atoms with E-state index in [1.807, 2.05) is 39.8 Å². The van der Waals surface area contributed by atoms with Crippen LogP contribution in [-0.4, -0.2) is 37.2 Å². The molecule has 0 saturated carbocycles. The maximum atomic E-state index is 11.6. The lowest BCUT2D eigenvalue weighted by Gasteiger charge is -2.28. The van der Waals surface area contributed by atoms with Crippen LogP contribution in [0.25, 0.3) is 0 Å². The van der Waals surface area contributed by atoms with Gasteiger partial charge in [0.15, 0.2) is 6.21 Å². The molecule has 1 aliphatic rings. The van der Waals surface area contributed by atoms with Crippen molar-refractivity contribution in [3.05, 3.63) is 41.9 Å². The van der Waals surface area contributed by atoms with Gasteiger partial charge in [0.1, 0.15) is 11.2 Å². The molecule has 0 unspecified atom stereocenters. The predicted octanol–water partition coefficient (Wildman–Crippen LogP) is 3.39. The van der Waals surface area contributed by atoms with Crippen molar-refractivity contribution in [3.63, 3.8) is 0 Å². The second-order valence-corrected chi connectivity index (χ2v) is 6.81. The third kappa shape index (κ3) is 7.62. The van der Waals surface area contributed by atoms with Gasteiger partial charge in [-0.15, -0.1) is 0 Å². The van der Waals surface area contributed by atoms with Crippen LogP contribution in [-0.2, 0) is 14.2 Å². The largest absolute Gasteiger partial charge is 0.673 e. The Labute approximate surface area is 161 Å². The van der Waals surface area contributed by atoms with E-state index >= 15 is 0 Å². The molecule has 0 radical (unpaired) electrons. The molecule has 0 aliphatic carbocycles. The van der Waals surface area contributed by atoms with Crippen molar-refractivity contribution in [2.75, 3.05) is 6.61 Å². The van der Waals surface area contributed by atoms with E-state index in [9.17, 15) is 22.1 Å². The summed E-state index contributed by atoms with van der Waals surface area (Å²) < 4.78 is 55.5. The molecular weight excluding hydrogens is 381 g/mol. The lowest BCUT2D eigenvalue weighted by molar-refractivity contribution is -0.346. The minimum atomic E-state index is -6.00. The molecule has 1 fully saturated rings. The van der Waals surface area contributed by atoms with E-state index in [0.29, 0.717) is 18.1 Å². The first-order valence-electron chi connectivity index (χ1n) is 8.58. The molecule has 0 bridgehead atoms. The summed E-state index contributed by atoms with van der Waals surface area (Å²) in [4.78, 5) is 14.7. The number of esters is 1. The first-order valence-corrected chi connectivity index (χ1v) is 8.58. The molecule has 2 rings (SSSR count). The fourth-order valence-electron chi connectivity index (χ4n) is 1.96. The van der Waals surface area contributed by atoms with Gasteiger partial charge in [-0.2, -0.15) is 0 Å². The van der Waals surface area contributed by atoms with Crippen LogP contribution in [0.3, 0.4) is 0 Å². The van der Waals surface area contributed by atoms with E-state index in [-0.39, 0.29) is 17.2 Å². The zero-order chi connectivity index (χ0) is 21.6. The Balaban J connectivity index is 0.000000696. The van der Waals surface area contributed by atoms with Gasteiger partial charge in [-0.25, -0.2) is 9.79 Å². The minimum Gasteiger partial charge on any atom is -0.462 e. The monoisotopic (exact) mass is 405 g/mol. The molecule has 0 spiro atoms.